The van der Waals surface area contributed by atoms with Gasteiger partial charge in [-0.1, -0.05) is 6.07 Å². The molecule has 16 heavy (non-hydrogen) atoms. The number of rotatable bonds is 4. The van der Waals surface area contributed by atoms with E-state index < -0.39 is 26.4 Å². The Morgan fingerprint density at radius 2 is 1.94 bits per heavy atom. The molecule has 0 saturated carbocycles. The van der Waals surface area contributed by atoms with Crippen molar-refractivity contribution in [3.05, 3.63) is 29.3 Å². The van der Waals surface area contributed by atoms with Gasteiger partial charge >= 0.3 is 0 Å². The van der Waals surface area contributed by atoms with Gasteiger partial charge in [-0.15, -0.1) is 0 Å². The first-order chi connectivity index (χ1) is 7.38. The molecular formula is C10H13F2NO2S. The summed E-state index contributed by atoms with van der Waals surface area (Å²) >= 11 is 0. The number of sulfone groups is 1. The highest BCUT2D eigenvalue weighted by Gasteiger charge is 2.21. The molecule has 1 rings (SSSR count). The Morgan fingerprint density at radius 3 is 2.44 bits per heavy atom. The van der Waals surface area contributed by atoms with Crippen molar-refractivity contribution in [1.82, 2.24) is 0 Å². The van der Waals surface area contributed by atoms with E-state index in [2.05, 4.69) is 0 Å². The number of benzene rings is 1. The van der Waals surface area contributed by atoms with Crippen LogP contribution in [0.5, 0.6) is 0 Å². The minimum absolute atomic E-state index is 0.173. The maximum absolute atomic E-state index is 13.7. The highest BCUT2D eigenvalue weighted by Crippen LogP contribution is 2.22. The van der Waals surface area contributed by atoms with Gasteiger partial charge in [0.15, 0.2) is 9.84 Å². The van der Waals surface area contributed by atoms with Crippen LogP contribution in [0.25, 0.3) is 0 Å². The molecule has 0 aliphatic carbocycles. The molecule has 3 nitrogen and oxygen atoms in total. The zero-order valence-corrected chi connectivity index (χ0v) is 9.65. The Kier molecular flexibility index (Phi) is 3.98. The average molecular weight is 249 g/mol. The topological polar surface area (TPSA) is 60.2 Å². The standard InChI is InChI=1S/C10H13F2NO2S/c1-16(14,15)10-8(11)5-4-7(9(10)12)3-2-6-13/h4-5H,2-3,6,13H2,1H3. The van der Waals surface area contributed by atoms with E-state index in [-0.39, 0.29) is 5.56 Å². The van der Waals surface area contributed by atoms with E-state index in [4.69, 9.17) is 5.73 Å². The molecule has 0 atom stereocenters. The van der Waals surface area contributed by atoms with Crippen molar-refractivity contribution in [3.63, 3.8) is 0 Å². The van der Waals surface area contributed by atoms with Crippen LogP contribution in [0.2, 0.25) is 0 Å². The lowest BCUT2D eigenvalue weighted by Gasteiger charge is -2.07. The maximum atomic E-state index is 13.7. The number of aryl methyl sites for hydroxylation is 1. The zero-order valence-electron chi connectivity index (χ0n) is 8.83. The van der Waals surface area contributed by atoms with Crippen molar-refractivity contribution in [3.8, 4) is 0 Å². The first kappa shape index (κ1) is 13.1. The Morgan fingerprint density at radius 1 is 1.31 bits per heavy atom. The van der Waals surface area contributed by atoms with Crippen molar-refractivity contribution >= 4 is 9.84 Å². The quantitative estimate of drug-likeness (QED) is 0.874. The lowest BCUT2D eigenvalue weighted by atomic mass is 10.1. The molecule has 0 heterocycles. The van der Waals surface area contributed by atoms with E-state index in [0.717, 1.165) is 12.3 Å². The first-order valence-electron chi connectivity index (χ1n) is 4.75. The molecule has 0 aliphatic rings. The molecule has 0 aliphatic heterocycles. The molecule has 0 radical (unpaired) electrons. The summed E-state index contributed by atoms with van der Waals surface area (Å²) in [5.74, 6) is -2.06. The zero-order chi connectivity index (χ0) is 12.3. The highest BCUT2D eigenvalue weighted by molar-refractivity contribution is 7.90. The van der Waals surface area contributed by atoms with Gasteiger partial charge in [0.25, 0.3) is 0 Å². The summed E-state index contributed by atoms with van der Waals surface area (Å²) in [6.07, 6.45) is 1.60. The summed E-state index contributed by atoms with van der Waals surface area (Å²) in [7, 11) is -3.89. The molecule has 0 unspecified atom stereocenters. The van der Waals surface area contributed by atoms with Gasteiger partial charge in [0.1, 0.15) is 16.5 Å². The summed E-state index contributed by atoms with van der Waals surface area (Å²) in [6, 6.07) is 2.21. The Hall–Kier alpha value is -1.01. The molecule has 0 saturated heterocycles. The van der Waals surface area contributed by atoms with E-state index in [9.17, 15) is 17.2 Å². The number of hydrogen-bond acceptors (Lipinski definition) is 3. The van der Waals surface area contributed by atoms with Crippen LogP contribution < -0.4 is 5.73 Å². The Balaban J connectivity index is 3.28. The fraction of sp³-hybridized carbons (Fsp3) is 0.400. The van der Waals surface area contributed by atoms with Crippen LogP contribution in [0.3, 0.4) is 0 Å². The van der Waals surface area contributed by atoms with Gasteiger partial charge in [0.05, 0.1) is 0 Å². The summed E-state index contributed by atoms with van der Waals surface area (Å²) in [5, 5.41) is 0. The molecule has 0 amide bonds. The molecule has 0 fully saturated rings. The van der Waals surface area contributed by atoms with Crippen molar-refractivity contribution in [1.29, 1.82) is 0 Å². The number of hydrogen-bond donors (Lipinski definition) is 1. The van der Waals surface area contributed by atoms with Crippen LogP contribution in [0, 0.1) is 11.6 Å². The van der Waals surface area contributed by atoms with Gasteiger partial charge in [-0.25, -0.2) is 17.2 Å². The van der Waals surface area contributed by atoms with Gasteiger partial charge in [-0.2, -0.15) is 0 Å². The summed E-state index contributed by atoms with van der Waals surface area (Å²) in [4.78, 5) is -0.859. The third-order valence-corrected chi connectivity index (χ3v) is 3.27. The van der Waals surface area contributed by atoms with Gasteiger partial charge in [0.2, 0.25) is 0 Å². The SMILES string of the molecule is CS(=O)(=O)c1c(F)ccc(CCCN)c1F. The predicted octanol–water partition coefficient (Wildman–Crippen LogP) is 1.26. The lowest BCUT2D eigenvalue weighted by Crippen LogP contribution is -2.08. The third kappa shape index (κ3) is 2.76. The van der Waals surface area contributed by atoms with E-state index in [1.54, 1.807) is 0 Å². The molecule has 2 N–H and O–H groups in total. The van der Waals surface area contributed by atoms with Crippen LogP contribution in [-0.4, -0.2) is 21.2 Å². The molecule has 0 aromatic heterocycles. The van der Waals surface area contributed by atoms with Crippen LogP contribution >= 0.6 is 0 Å². The third-order valence-electron chi connectivity index (χ3n) is 2.15. The van der Waals surface area contributed by atoms with E-state index in [0.29, 0.717) is 19.4 Å². The normalized spacial score (nSPS) is 11.8. The molecule has 1 aromatic rings. The average Bonchev–Trinajstić information content (AvgIpc) is 2.14. The minimum Gasteiger partial charge on any atom is -0.330 e. The number of halogens is 2. The lowest BCUT2D eigenvalue weighted by molar-refractivity contribution is 0.511. The van der Waals surface area contributed by atoms with Crippen molar-refractivity contribution in [2.75, 3.05) is 12.8 Å². The molecule has 1 aromatic carbocycles. The number of nitrogens with two attached hydrogens (primary N) is 1. The largest absolute Gasteiger partial charge is 0.330 e. The second kappa shape index (κ2) is 4.88. The van der Waals surface area contributed by atoms with Crippen LogP contribution in [0.15, 0.2) is 17.0 Å². The predicted molar refractivity (Wildman–Crippen MR) is 56.8 cm³/mol. The van der Waals surface area contributed by atoms with E-state index >= 15 is 0 Å². The second-order valence-electron chi connectivity index (χ2n) is 3.51. The van der Waals surface area contributed by atoms with Crippen molar-refractivity contribution in [2.45, 2.75) is 17.7 Å². The van der Waals surface area contributed by atoms with Gasteiger partial charge in [-0.05, 0) is 31.0 Å². The fourth-order valence-electron chi connectivity index (χ4n) is 1.40. The van der Waals surface area contributed by atoms with Crippen molar-refractivity contribution in [2.24, 2.45) is 5.73 Å². The summed E-state index contributed by atoms with van der Waals surface area (Å²) in [6.45, 7) is 0.366. The highest BCUT2D eigenvalue weighted by atomic mass is 32.2. The Labute approximate surface area is 93.2 Å². The molecule has 90 valence electrons. The summed E-state index contributed by atoms with van der Waals surface area (Å²) in [5.41, 5.74) is 5.44. The van der Waals surface area contributed by atoms with E-state index in [1.165, 1.54) is 6.07 Å². The van der Waals surface area contributed by atoms with E-state index in [1.807, 2.05) is 0 Å². The monoisotopic (exact) mass is 249 g/mol. The Bertz CT molecular complexity index is 486. The van der Waals surface area contributed by atoms with Gasteiger partial charge in [-0.3, -0.25) is 0 Å². The molecular weight excluding hydrogens is 236 g/mol. The van der Waals surface area contributed by atoms with Crippen molar-refractivity contribution < 1.29 is 17.2 Å². The first-order valence-corrected chi connectivity index (χ1v) is 6.64. The van der Waals surface area contributed by atoms with Crippen LogP contribution in [0.1, 0.15) is 12.0 Å². The van der Waals surface area contributed by atoms with Gasteiger partial charge < -0.3 is 5.73 Å². The fourth-order valence-corrected chi connectivity index (χ4v) is 2.28. The maximum Gasteiger partial charge on any atom is 0.181 e. The van der Waals surface area contributed by atoms with Gasteiger partial charge in [0, 0.05) is 6.26 Å². The molecule has 0 spiro atoms. The minimum atomic E-state index is -3.89. The molecule has 0 bridgehead atoms. The smallest absolute Gasteiger partial charge is 0.181 e. The summed E-state index contributed by atoms with van der Waals surface area (Å²) < 4.78 is 49.3. The van der Waals surface area contributed by atoms with Crippen LogP contribution in [0.4, 0.5) is 8.78 Å². The second-order valence-corrected chi connectivity index (χ2v) is 5.47. The van der Waals surface area contributed by atoms with Crippen LogP contribution in [-0.2, 0) is 16.3 Å². The molecule has 6 heteroatoms.